The minimum Gasteiger partial charge on any atom is -0.444 e. The summed E-state index contributed by atoms with van der Waals surface area (Å²) in [6.07, 6.45) is -0.569. The fraction of sp³-hybridized carbons (Fsp3) is 0.385. The molecule has 0 radical (unpaired) electrons. The van der Waals surface area contributed by atoms with Gasteiger partial charge in [0.05, 0.1) is 11.5 Å². The number of carbonyl (C=O) groups is 3. The highest BCUT2D eigenvalue weighted by Gasteiger charge is 2.56. The van der Waals surface area contributed by atoms with E-state index in [1.54, 1.807) is 20.8 Å². The molecule has 2 aliphatic heterocycles. The number of alkyl carbamates (subject to hydrolysis) is 1. The van der Waals surface area contributed by atoms with E-state index in [0.717, 1.165) is 5.56 Å². The van der Waals surface area contributed by atoms with E-state index in [2.05, 4.69) is 16.7 Å². The lowest BCUT2D eigenvalue weighted by Crippen LogP contribution is -2.52. The summed E-state index contributed by atoms with van der Waals surface area (Å²) in [5, 5.41) is 15.2. The van der Waals surface area contributed by atoms with Crippen LogP contribution in [0.25, 0.3) is 0 Å². The Morgan fingerprint density at radius 2 is 2.00 bits per heavy atom. The van der Waals surface area contributed by atoms with E-state index in [0.29, 0.717) is 11.3 Å². The minimum absolute atomic E-state index is 0.0298. The Labute approximate surface area is 203 Å². The summed E-state index contributed by atoms with van der Waals surface area (Å²) in [5.41, 5.74) is -0.313. The maximum atomic E-state index is 14.1. The van der Waals surface area contributed by atoms with E-state index < -0.39 is 40.9 Å². The van der Waals surface area contributed by atoms with Crippen LogP contribution >= 0.6 is 0 Å². The predicted molar refractivity (Wildman–Crippen MR) is 126 cm³/mol. The average molecular weight is 479 g/mol. The highest BCUT2D eigenvalue weighted by atomic mass is 19.1. The summed E-state index contributed by atoms with van der Waals surface area (Å²) in [6, 6.07) is 13.3. The molecular formula is C26H27FN4O4. The Kier molecular flexibility index (Phi) is 6.24. The molecule has 35 heavy (non-hydrogen) atoms. The largest absolute Gasteiger partial charge is 0.444 e. The van der Waals surface area contributed by atoms with Crippen LogP contribution in [0.1, 0.15) is 38.3 Å². The Hall–Kier alpha value is -3.93. The molecule has 8 nitrogen and oxygen atoms in total. The zero-order valence-corrected chi connectivity index (χ0v) is 19.8. The van der Waals surface area contributed by atoms with Crippen molar-refractivity contribution in [3.63, 3.8) is 0 Å². The van der Waals surface area contributed by atoms with Crippen LogP contribution in [0.15, 0.2) is 48.5 Å². The van der Waals surface area contributed by atoms with Crippen LogP contribution in [0.2, 0.25) is 0 Å². The molecular weight excluding hydrogens is 451 g/mol. The summed E-state index contributed by atoms with van der Waals surface area (Å²) in [5.74, 6) is -1.40. The Balaban J connectivity index is 1.64. The number of anilines is 1. The van der Waals surface area contributed by atoms with E-state index in [9.17, 15) is 24.0 Å². The predicted octanol–water partition coefficient (Wildman–Crippen LogP) is 3.28. The fourth-order valence-electron chi connectivity index (χ4n) is 4.70. The molecule has 2 aliphatic rings. The van der Waals surface area contributed by atoms with Crippen molar-refractivity contribution in [2.45, 2.75) is 56.7 Å². The van der Waals surface area contributed by atoms with Gasteiger partial charge in [-0.1, -0.05) is 30.3 Å². The number of ether oxygens (including phenoxy) is 1. The third-order valence-corrected chi connectivity index (χ3v) is 6.24. The van der Waals surface area contributed by atoms with Crippen LogP contribution in [0.5, 0.6) is 0 Å². The van der Waals surface area contributed by atoms with Crippen molar-refractivity contribution in [3.05, 3.63) is 65.5 Å². The number of carbonyl (C=O) groups excluding carboxylic acids is 3. The molecule has 1 spiro atoms. The summed E-state index contributed by atoms with van der Waals surface area (Å²) in [4.78, 5) is 40.6. The molecule has 3 amide bonds. The van der Waals surface area contributed by atoms with Crippen molar-refractivity contribution in [2.24, 2.45) is 0 Å². The van der Waals surface area contributed by atoms with Crippen LogP contribution < -0.4 is 10.6 Å². The molecule has 2 heterocycles. The second-order valence-corrected chi connectivity index (χ2v) is 9.93. The summed E-state index contributed by atoms with van der Waals surface area (Å²) < 4.78 is 19.4. The van der Waals surface area contributed by atoms with Crippen LogP contribution in [0, 0.1) is 17.1 Å². The van der Waals surface area contributed by atoms with Crippen LogP contribution in [-0.4, -0.2) is 47.0 Å². The minimum atomic E-state index is -1.24. The molecule has 1 fully saturated rings. The Morgan fingerprint density at radius 3 is 2.66 bits per heavy atom. The van der Waals surface area contributed by atoms with Gasteiger partial charge in [0, 0.05) is 25.1 Å². The van der Waals surface area contributed by atoms with Crippen molar-refractivity contribution >= 4 is 23.6 Å². The molecule has 0 aliphatic carbocycles. The smallest absolute Gasteiger partial charge is 0.408 e. The fourth-order valence-corrected chi connectivity index (χ4v) is 4.70. The number of amides is 3. The number of benzene rings is 2. The van der Waals surface area contributed by atoms with Gasteiger partial charge in [-0.15, -0.1) is 0 Å². The zero-order valence-electron chi connectivity index (χ0n) is 19.8. The van der Waals surface area contributed by atoms with Gasteiger partial charge in [-0.25, -0.2) is 9.18 Å². The number of halogens is 1. The topological polar surface area (TPSA) is 112 Å². The third kappa shape index (κ3) is 4.83. The zero-order chi connectivity index (χ0) is 25.4. The molecule has 2 aromatic carbocycles. The number of hydrogen-bond donors (Lipinski definition) is 2. The number of hydrogen-bond acceptors (Lipinski definition) is 5. The van der Waals surface area contributed by atoms with Gasteiger partial charge in [-0.05, 0) is 50.1 Å². The molecule has 2 aromatic rings. The highest BCUT2D eigenvalue weighted by Crippen LogP contribution is 2.46. The Bertz CT molecular complexity index is 1200. The van der Waals surface area contributed by atoms with E-state index in [4.69, 9.17) is 4.74 Å². The first-order chi connectivity index (χ1) is 16.5. The monoisotopic (exact) mass is 478 g/mol. The quantitative estimate of drug-likeness (QED) is 0.701. The SMILES string of the molecule is CC(C)(C)OC(=O)N[C@@H](Cc1ccccc1)C(=O)N1C[C@]2(C[C@H]1C#N)C(=O)Nc1ccc(F)cc12. The van der Waals surface area contributed by atoms with Crippen molar-refractivity contribution in [1.29, 1.82) is 5.26 Å². The molecule has 9 heteroatoms. The summed E-state index contributed by atoms with van der Waals surface area (Å²) in [7, 11) is 0. The average Bonchev–Trinajstić information content (AvgIpc) is 3.31. The lowest BCUT2D eigenvalue weighted by molar-refractivity contribution is -0.133. The first-order valence-electron chi connectivity index (χ1n) is 11.4. The molecule has 0 unspecified atom stereocenters. The highest BCUT2D eigenvalue weighted by molar-refractivity contribution is 6.07. The second kappa shape index (κ2) is 9.02. The molecule has 4 rings (SSSR count). The van der Waals surface area contributed by atoms with E-state index in [1.165, 1.54) is 23.1 Å². The van der Waals surface area contributed by atoms with E-state index >= 15 is 0 Å². The van der Waals surface area contributed by atoms with Crippen LogP contribution in [-0.2, 0) is 26.2 Å². The number of fused-ring (bicyclic) bond motifs is 2. The summed E-state index contributed by atoms with van der Waals surface area (Å²) >= 11 is 0. The van der Waals surface area contributed by atoms with Gasteiger partial charge in [0.2, 0.25) is 11.8 Å². The number of rotatable bonds is 4. The maximum absolute atomic E-state index is 14.1. The lowest BCUT2D eigenvalue weighted by atomic mass is 9.79. The molecule has 0 aromatic heterocycles. The molecule has 182 valence electrons. The van der Waals surface area contributed by atoms with Gasteiger partial charge in [0.25, 0.3) is 0 Å². The van der Waals surface area contributed by atoms with Crippen LogP contribution in [0.3, 0.4) is 0 Å². The first-order valence-corrected chi connectivity index (χ1v) is 11.4. The standard InChI is InChI=1S/C26H27FN4O4/c1-25(2,3)35-24(34)30-21(11-16-7-5-4-6-8-16)22(32)31-15-26(13-18(31)14-28)19-12-17(27)9-10-20(19)29-23(26)33/h4-10,12,18,21H,11,13,15H2,1-3H3,(H,29,33)(H,30,34)/t18-,21-,26-/m0/s1. The third-order valence-electron chi connectivity index (χ3n) is 6.24. The molecule has 0 bridgehead atoms. The molecule has 0 saturated carbocycles. The van der Waals surface area contributed by atoms with Crippen molar-refractivity contribution < 1.29 is 23.5 Å². The van der Waals surface area contributed by atoms with Gasteiger partial charge in [0.1, 0.15) is 23.5 Å². The maximum Gasteiger partial charge on any atom is 0.408 e. The second-order valence-electron chi connectivity index (χ2n) is 9.93. The van der Waals surface area contributed by atoms with E-state index in [1.807, 2.05) is 30.3 Å². The Morgan fingerprint density at radius 1 is 1.29 bits per heavy atom. The number of likely N-dealkylation sites (tertiary alicyclic amines) is 1. The van der Waals surface area contributed by atoms with Crippen LogP contribution in [0.4, 0.5) is 14.9 Å². The number of nitriles is 1. The molecule has 3 atom stereocenters. The van der Waals surface area contributed by atoms with E-state index in [-0.39, 0.29) is 25.3 Å². The number of nitrogens with one attached hydrogen (secondary N) is 2. The molecule has 1 saturated heterocycles. The lowest BCUT2D eigenvalue weighted by Gasteiger charge is -2.28. The van der Waals surface area contributed by atoms with Crippen molar-refractivity contribution in [1.82, 2.24) is 10.2 Å². The van der Waals surface area contributed by atoms with Gasteiger partial charge >= 0.3 is 6.09 Å². The summed E-state index contributed by atoms with van der Waals surface area (Å²) in [6.45, 7) is 5.04. The van der Waals surface area contributed by atoms with Crippen molar-refractivity contribution in [2.75, 3.05) is 11.9 Å². The van der Waals surface area contributed by atoms with Gasteiger partial charge in [-0.3, -0.25) is 9.59 Å². The van der Waals surface area contributed by atoms with Gasteiger partial charge in [-0.2, -0.15) is 5.26 Å². The number of nitrogens with zero attached hydrogens (tertiary/aromatic N) is 2. The first kappa shape index (κ1) is 24.2. The molecule has 2 N–H and O–H groups in total. The van der Waals surface area contributed by atoms with Gasteiger partial charge in [0.15, 0.2) is 0 Å². The van der Waals surface area contributed by atoms with Gasteiger partial charge < -0.3 is 20.3 Å². The normalized spacial score (nSPS) is 21.7. The van der Waals surface area contributed by atoms with Crippen molar-refractivity contribution in [3.8, 4) is 6.07 Å².